The summed E-state index contributed by atoms with van der Waals surface area (Å²) >= 11 is 0. The molecule has 0 atom stereocenters. The third-order valence-corrected chi connectivity index (χ3v) is 4.88. The van der Waals surface area contributed by atoms with Crippen molar-refractivity contribution in [1.29, 1.82) is 0 Å². The fourth-order valence-corrected chi connectivity index (χ4v) is 3.42. The molecule has 1 fully saturated rings. The van der Waals surface area contributed by atoms with Crippen LogP contribution in [0.1, 0.15) is 24.8 Å². The van der Waals surface area contributed by atoms with Crippen molar-refractivity contribution >= 4 is 22.8 Å². The zero-order chi connectivity index (χ0) is 17.3. The van der Waals surface area contributed by atoms with Gasteiger partial charge in [0.25, 0.3) is 0 Å². The van der Waals surface area contributed by atoms with E-state index in [-0.39, 0.29) is 18.0 Å². The number of amides is 1. The smallest absolute Gasteiger partial charge is 0.242 e. The topological polar surface area (TPSA) is 84.7 Å². The highest BCUT2D eigenvalue weighted by molar-refractivity contribution is 5.87. The molecule has 0 unspecified atom stereocenters. The summed E-state index contributed by atoms with van der Waals surface area (Å²) in [5.74, 6) is 0.648. The van der Waals surface area contributed by atoms with Crippen LogP contribution < -0.4 is 10.6 Å². The SMILES string of the molecule is CNc1ncnc2c1cnn2CC(=O)NC1(c2ccccc2)CCC1. The maximum Gasteiger partial charge on any atom is 0.242 e. The van der Waals surface area contributed by atoms with Gasteiger partial charge >= 0.3 is 0 Å². The van der Waals surface area contributed by atoms with Crippen molar-refractivity contribution in [2.45, 2.75) is 31.3 Å². The summed E-state index contributed by atoms with van der Waals surface area (Å²) in [7, 11) is 1.80. The Bertz CT molecular complexity index is 900. The quantitative estimate of drug-likeness (QED) is 0.745. The molecule has 4 rings (SSSR count). The molecular formula is C18H20N6O. The molecule has 1 aromatic carbocycles. The first-order valence-corrected chi connectivity index (χ1v) is 8.43. The fourth-order valence-electron chi connectivity index (χ4n) is 3.42. The van der Waals surface area contributed by atoms with Crippen molar-refractivity contribution in [2.75, 3.05) is 12.4 Å². The molecule has 1 aliphatic carbocycles. The number of anilines is 1. The van der Waals surface area contributed by atoms with E-state index in [1.807, 2.05) is 18.2 Å². The van der Waals surface area contributed by atoms with Crippen LogP contribution in [-0.2, 0) is 16.9 Å². The fraction of sp³-hybridized carbons (Fsp3) is 0.333. The minimum Gasteiger partial charge on any atom is -0.372 e. The third-order valence-electron chi connectivity index (χ3n) is 4.88. The van der Waals surface area contributed by atoms with Crippen LogP contribution in [0, 0.1) is 0 Å². The van der Waals surface area contributed by atoms with Gasteiger partial charge in [0.2, 0.25) is 5.91 Å². The van der Waals surface area contributed by atoms with Gasteiger partial charge in [0.1, 0.15) is 18.7 Å². The molecule has 1 saturated carbocycles. The van der Waals surface area contributed by atoms with Crippen molar-refractivity contribution in [3.05, 3.63) is 48.4 Å². The Kier molecular flexibility index (Phi) is 3.83. The van der Waals surface area contributed by atoms with Crippen LogP contribution in [0.5, 0.6) is 0 Å². The molecule has 2 N–H and O–H groups in total. The summed E-state index contributed by atoms with van der Waals surface area (Å²) in [5, 5.41) is 11.3. The lowest BCUT2D eigenvalue weighted by atomic mass is 9.72. The number of nitrogens with one attached hydrogen (secondary N) is 2. The van der Waals surface area contributed by atoms with Crippen molar-refractivity contribution in [3.8, 4) is 0 Å². The standard InChI is InChI=1S/C18H20N6O/c1-19-16-14-10-22-24(17(14)21-12-20-16)11-15(25)23-18(8-5-9-18)13-6-3-2-4-7-13/h2-4,6-7,10,12H,5,8-9,11H2,1H3,(H,23,25)(H,19,20,21). The highest BCUT2D eigenvalue weighted by atomic mass is 16.2. The Morgan fingerprint density at radius 3 is 2.72 bits per heavy atom. The second kappa shape index (κ2) is 6.16. The van der Waals surface area contributed by atoms with E-state index in [9.17, 15) is 4.79 Å². The number of hydrogen-bond acceptors (Lipinski definition) is 5. The molecular weight excluding hydrogens is 316 g/mol. The number of hydrogen-bond donors (Lipinski definition) is 2. The molecule has 2 aromatic heterocycles. The lowest BCUT2D eigenvalue weighted by Crippen LogP contribution is -2.51. The van der Waals surface area contributed by atoms with Crippen LogP contribution in [-0.4, -0.2) is 32.7 Å². The number of rotatable bonds is 5. The van der Waals surface area contributed by atoms with Gasteiger partial charge in [-0.3, -0.25) is 4.79 Å². The van der Waals surface area contributed by atoms with Crippen molar-refractivity contribution in [1.82, 2.24) is 25.1 Å². The Hall–Kier alpha value is -2.96. The second-order valence-corrected chi connectivity index (χ2v) is 6.36. The summed E-state index contributed by atoms with van der Waals surface area (Å²) in [5.41, 5.74) is 1.57. The second-order valence-electron chi connectivity index (χ2n) is 6.36. The van der Waals surface area contributed by atoms with Crippen LogP contribution in [0.25, 0.3) is 11.0 Å². The Labute approximate surface area is 145 Å². The molecule has 0 spiro atoms. The first kappa shape index (κ1) is 15.6. The molecule has 25 heavy (non-hydrogen) atoms. The molecule has 0 saturated heterocycles. The first-order valence-electron chi connectivity index (χ1n) is 8.43. The molecule has 128 valence electrons. The summed E-state index contributed by atoms with van der Waals surface area (Å²) in [6.45, 7) is 0.137. The minimum atomic E-state index is -0.244. The molecule has 1 amide bonds. The van der Waals surface area contributed by atoms with Crippen LogP contribution in [0.15, 0.2) is 42.9 Å². The van der Waals surface area contributed by atoms with Gasteiger partial charge in [-0.05, 0) is 24.8 Å². The number of nitrogens with zero attached hydrogens (tertiary/aromatic N) is 4. The van der Waals surface area contributed by atoms with Crippen LogP contribution in [0.2, 0.25) is 0 Å². The van der Waals surface area contributed by atoms with Crippen LogP contribution >= 0.6 is 0 Å². The predicted molar refractivity (Wildman–Crippen MR) is 95.0 cm³/mol. The minimum absolute atomic E-state index is 0.0572. The van der Waals surface area contributed by atoms with Crippen molar-refractivity contribution in [3.63, 3.8) is 0 Å². The van der Waals surface area contributed by atoms with Gasteiger partial charge in [-0.25, -0.2) is 14.6 Å². The average Bonchev–Trinajstić information content (AvgIpc) is 3.02. The van der Waals surface area contributed by atoms with Gasteiger partial charge < -0.3 is 10.6 Å². The van der Waals surface area contributed by atoms with E-state index in [0.717, 1.165) is 24.6 Å². The summed E-state index contributed by atoms with van der Waals surface area (Å²) in [6.07, 6.45) is 6.22. The summed E-state index contributed by atoms with van der Waals surface area (Å²) in [4.78, 5) is 21.1. The van der Waals surface area contributed by atoms with Gasteiger partial charge in [0.05, 0.1) is 17.1 Å². The van der Waals surface area contributed by atoms with Crippen molar-refractivity contribution in [2.24, 2.45) is 0 Å². The van der Waals surface area contributed by atoms with Gasteiger partial charge in [-0.2, -0.15) is 5.10 Å². The molecule has 3 aromatic rings. The number of fused-ring (bicyclic) bond motifs is 1. The molecule has 0 aliphatic heterocycles. The van der Waals surface area contributed by atoms with E-state index in [1.165, 1.54) is 11.9 Å². The number of carbonyl (C=O) groups is 1. The van der Waals surface area contributed by atoms with Crippen LogP contribution in [0.3, 0.4) is 0 Å². The molecule has 7 nitrogen and oxygen atoms in total. The normalized spacial score (nSPS) is 15.6. The zero-order valence-corrected chi connectivity index (χ0v) is 14.1. The molecule has 1 aliphatic rings. The van der Waals surface area contributed by atoms with Gasteiger partial charge in [0.15, 0.2) is 5.65 Å². The van der Waals surface area contributed by atoms with E-state index >= 15 is 0 Å². The maximum atomic E-state index is 12.7. The third kappa shape index (κ3) is 2.71. The van der Waals surface area contributed by atoms with Gasteiger partial charge in [-0.15, -0.1) is 0 Å². The lowest BCUT2D eigenvalue weighted by Gasteiger charge is -2.43. The zero-order valence-electron chi connectivity index (χ0n) is 14.1. The van der Waals surface area contributed by atoms with Gasteiger partial charge in [-0.1, -0.05) is 30.3 Å². The molecule has 7 heteroatoms. The first-order chi connectivity index (χ1) is 12.2. The summed E-state index contributed by atoms with van der Waals surface area (Å²) < 4.78 is 1.62. The Balaban J connectivity index is 1.55. The highest BCUT2D eigenvalue weighted by Gasteiger charge is 2.39. The lowest BCUT2D eigenvalue weighted by molar-refractivity contribution is -0.125. The monoisotopic (exact) mass is 336 g/mol. The largest absolute Gasteiger partial charge is 0.372 e. The van der Waals surface area contributed by atoms with E-state index in [0.29, 0.717) is 11.5 Å². The van der Waals surface area contributed by atoms with Crippen molar-refractivity contribution < 1.29 is 4.79 Å². The average molecular weight is 336 g/mol. The van der Waals surface area contributed by atoms with E-state index in [4.69, 9.17) is 0 Å². The number of benzene rings is 1. The van der Waals surface area contributed by atoms with E-state index < -0.39 is 0 Å². The summed E-state index contributed by atoms with van der Waals surface area (Å²) in [6, 6.07) is 10.2. The molecule has 2 heterocycles. The molecule has 0 bridgehead atoms. The maximum absolute atomic E-state index is 12.7. The van der Waals surface area contributed by atoms with E-state index in [2.05, 4.69) is 37.8 Å². The van der Waals surface area contributed by atoms with Gasteiger partial charge in [0, 0.05) is 7.05 Å². The highest BCUT2D eigenvalue weighted by Crippen LogP contribution is 2.41. The predicted octanol–water partition coefficient (Wildman–Crippen LogP) is 2.06. The number of carbonyl (C=O) groups excluding carboxylic acids is 1. The van der Waals surface area contributed by atoms with E-state index in [1.54, 1.807) is 17.9 Å². The Morgan fingerprint density at radius 1 is 1.24 bits per heavy atom. The molecule has 0 radical (unpaired) electrons. The Morgan fingerprint density at radius 2 is 2.04 bits per heavy atom. The number of aromatic nitrogens is 4. The van der Waals surface area contributed by atoms with Crippen LogP contribution in [0.4, 0.5) is 5.82 Å².